The number of rotatable bonds is 3. The van der Waals surface area contributed by atoms with Crippen molar-refractivity contribution < 1.29 is 14.3 Å². The molecule has 0 radical (unpaired) electrons. The average molecular weight is 337 g/mol. The zero-order valence-corrected chi connectivity index (χ0v) is 14.3. The van der Waals surface area contributed by atoms with Crippen LogP contribution in [0.5, 0.6) is 0 Å². The second-order valence-corrected chi connectivity index (χ2v) is 7.15. The molecule has 2 fully saturated rings. The molecule has 7 heteroatoms. The molecular weight excluding hydrogens is 314 g/mol. The fraction of sp³-hybridized carbons (Fsp3) is 0.625. The van der Waals surface area contributed by atoms with Crippen LogP contribution < -0.4 is 10.6 Å². The van der Waals surface area contributed by atoms with Crippen LogP contribution >= 0.6 is 11.3 Å². The molecule has 3 rings (SSSR count). The first-order valence-corrected chi connectivity index (χ1v) is 8.88. The van der Waals surface area contributed by atoms with Gasteiger partial charge in [-0.05, 0) is 35.7 Å². The van der Waals surface area contributed by atoms with Gasteiger partial charge in [-0.1, -0.05) is 0 Å². The maximum Gasteiger partial charge on any atom is 0.317 e. The van der Waals surface area contributed by atoms with Crippen LogP contribution in [-0.4, -0.2) is 50.2 Å². The number of nitrogens with zero attached hydrogens (tertiary/aromatic N) is 1. The van der Waals surface area contributed by atoms with Crippen molar-refractivity contribution in [1.29, 1.82) is 0 Å². The van der Waals surface area contributed by atoms with E-state index in [9.17, 15) is 9.59 Å². The number of amides is 3. The average Bonchev–Trinajstić information content (AvgIpc) is 3.21. The molecule has 0 aromatic carbocycles. The minimum absolute atomic E-state index is 0.0204. The Balaban J connectivity index is 1.69. The van der Waals surface area contributed by atoms with Gasteiger partial charge in [0.1, 0.15) is 0 Å². The summed E-state index contributed by atoms with van der Waals surface area (Å²) in [6.07, 6.45) is 0.668. The maximum absolute atomic E-state index is 12.6. The number of carbonyl (C=O) groups is 2. The van der Waals surface area contributed by atoms with E-state index in [-0.39, 0.29) is 23.9 Å². The Hall–Kier alpha value is -1.60. The maximum atomic E-state index is 12.6. The number of thiophene rings is 1. The Labute approximate surface area is 140 Å². The molecule has 2 aliphatic rings. The Bertz CT molecular complexity index is 577. The Morgan fingerprint density at radius 1 is 1.52 bits per heavy atom. The Morgan fingerprint density at radius 2 is 2.35 bits per heavy atom. The number of hydrogen-bond acceptors (Lipinski definition) is 4. The monoisotopic (exact) mass is 337 g/mol. The molecule has 2 N–H and O–H groups in total. The number of urea groups is 1. The van der Waals surface area contributed by atoms with Crippen LogP contribution in [0.1, 0.15) is 24.9 Å². The standard InChI is InChI=1S/C16H23N3O3S/c1-11(12-3-6-23-9-12)18-15(21)19-7-13-8-22-5-4-16(13,10-19)14(20)17-2/h3,6,9,11,13H,4-5,7-8,10H2,1-2H3,(H,17,20)(H,18,21)/t11?,13-,16+/m0/s1. The van der Waals surface area contributed by atoms with Crippen molar-refractivity contribution in [3.05, 3.63) is 22.4 Å². The van der Waals surface area contributed by atoms with Crippen molar-refractivity contribution in [3.63, 3.8) is 0 Å². The zero-order valence-electron chi connectivity index (χ0n) is 13.5. The first kappa shape index (κ1) is 16.3. The number of ether oxygens (including phenoxy) is 1. The van der Waals surface area contributed by atoms with Crippen LogP contribution in [0.15, 0.2) is 16.8 Å². The van der Waals surface area contributed by atoms with E-state index >= 15 is 0 Å². The Kier molecular flexibility index (Phi) is 4.59. The summed E-state index contributed by atoms with van der Waals surface area (Å²) in [7, 11) is 1.66. The van der Waals surface area contributed by atoms with E-state index in [1.54, 1.807) is 23.3 Å². The summed E-state index contributed by atoms with van der Waals surface area (Å²) >= 11 is 1.62. The van der Waals surface area contributed by atoms with Gasteiger partial charge in [0.2, 0.25) is 5.91 Å². The summed E-state index contributed by atoms with van der Waals surface area (Å²) in [5.74, 6) is 0.0883. The number of nitrogens with one attached hydrogen (secondary N) is 2. The van der Waals surface area contributed by atoms with Crippen molar-refractivity contribution in [2.75, 3.05) is 33.4 Å². The van der Waals surface area contributed by atoms with E-state index in [1.165, 1.54) is 0 Å². The van der Waals surface area contributed by atoms with Crippen LogP contribution in [0.3, 0.4) is 0 Å². The molecule has 126 valence electrons. The highest BCUT2D eigenvalue weighted by atomic mass is 32.1. The van der Waals surface area contributed by atoms with E-state index in [0.29, 0.717) is 32.7 Å². The van der Waals surface area contributed by atoms with Crippen molar-refractivity contribution >= 4 is 23.3 Å². The number of likely N-dealkylation sites (tertiary alicyclic amines) is 1. The molecule has 0 saturated carbocycles. The lowest BCUT2D eigenvalue weighted by molar-refractivity contribution is -0.138. The number of carbonyl (C=O) groups excluding carboxylic acids is 2. The first-order chi connectivity index (χ1) is 11.1. The quantitative estimate of drug-likeness (QED) is 0.880. The van der Waals surface area contributed by atoms with E-state index in [2.05, 4.69) is 10.6 Å². The number of fused-ring (bicyclic) bond motifs is 1. The van der Waals surface area contributed by atoms with E-state index in [0.717, 1.165) is 5.56 Å². The van der Waals surface area contributed by atoms with Gasteiger partial charge in [0.15, 0.2) is 0 Å². The fourth-order valence-electron chi connectivity index (χ4n) is 3.61. The molecule has 3 amide bonds. The first-order valence-electron chi connectivity index (χ1n) is 7.94. The lowest BCUT2D eigenvalue weighted by atomic mass is 9.73. The SMILES string of the molecule is CNC(=O)[C@@]12CCOC[C@@H]1CN(C(=O)NC(C)c1ccsc1)C2. The fourth-order valence-corrected chi connectivity index (χ4v) is 4.36. The minimum Gasteiger partial charge on any atom is -0.381 e. The van der Waals surface area contributed by atoms with Gasteiger partial charge >= 0.3 is 6.03 Å². The molecule has 0 spiro atoms. The summed E-state index contributed by atoms with van der Waals surface area (Å²) in [6.45, 7) is 4.11. The van der Waals surface area contributed by atoms with Gasteiger partial charge < -0.3 is 20.3 Å². The highest BCUT2D eigenvalue weighted by molar-refractivity contribution is 7.07. The second-order valence-electron chi connectivity index (χ2n) is 6.37. The zero-order chi connectivity index (χ0) is 16.4. The van der Waals surface area contributed by atoms with Crippen molar-refractivity contribution in [1.82, 2.24) is 15.5 Å². The molecule has 2 aliphatic heterocycles. The topological polar surface area (TPSA) is 70.7 Å². The lowest BCUT2D eigenvalue weighted by Crippen LogP contribution is -2.50. The smallest absolute Gasteiger partial charge is 0.317 e. The normalized spacial score (nSPS) is 28.1. The highest BCUT2D eigenvalue weighted by Crippen LogP contribution is 2.42. The summed E-state index contributed by atoms with van der Waals surface area (Å²) in [6, 6.07) is 1.86. The van der Waals surface area contributed by atoms with Gasteiger partial charge in [-0.15, -0.1) is 0 Å². The summed E-state index contributed by atoms with van der Waals surface area (Å²) in [5, 5.41) is 9.83. The minimum atomic E-state index is -0.504. The predicted molar refractivity (Wildman–Crippen MR) is 88.3 cm³/mol. The molecule has 6 nitrogen and oxygen atoms in total. The third-order valence-electron chi connectivity index (χ3n) is 5.06. The molecule has 2 saturated heterocycles. The van der Waals surface area contributed by atoms with Crippen molar-refractivity contribution in [2.24, 2.45) is 11.3 Å². The molecule has 0 aliphatic carbocycles. The van der Waals surface area contributed by atoms with Gasteiger partial charge in [-0.25, -0.2) is 4.79 Å². The summed E-state index contributed by atoms with van der Waals surface area (Å²) in [4.78, 5) is 26.8. The van der Waals surface area contributed by atoms with Crippen LogP contribution in [0.4, 0.5) is 4.79 Å². The van der Waals surface area contributed by atoms with E-state index < -0.39 is 5.41 Å². The lowest BCUT2D eigenvalue weighted by Gasteiger charge is -2.36. The van der Waals surface area contributed by atoms with Gasteiger partial charge in [0, 0.05) is 32.7 Å². The number of hydrogen-bond donors (Lipinski definition) is 2. The summed E-state index contributed by atoms with van der Waals surface area (Å²) < 4.78 is 5.53. The molecule has 3 heterocycles. The van der Waals surface area contributed by atoms with Gasteiger partial charge in [0.25, 0.3) is 0 Å². The molecule has 0 bridgehead atoms. The summed E-state index contributed by atoms with van der Waals surface area (Å²) in [5.41, 5.74) is 0.597. The van der Waals surface area contributed by atoms with E-state index in [4.69, 9.17) is 4.74 Å². The Morgan fingerprint density at radius 3 is 3.04 bits per heavy atom. The molecule has 3 atom stereocenters. The molecule has 1 aromatic rings. The van der Waals surface area contributed by atoms with Gasteiger partial charge in [-0.2, -0.15) is 11.3 Å². The van der Waals surface area contributed by atoms with Crippen LogP contribution in [-0.2, 0) is 9.53 Å². The second kappa shape index (κ2) is 6.49. The van der Waals surface area contributed by atoms with Crippen molar-refractivity contribution in [2.45, 2.75) is 19.4 Å². The highest BCUT2D eigenvalue weighted by Gasteiger charge is 2.54. The van der Waals surface area contributed by atoms with Crippen LogP contribution in [0, 0.1) is 11.3 Å². The molecular formula is C16H23N3O3S. The van der Waals surface area contributed by atoms with Crippen LogP contribution in [0.25, 0.3) is 0 Å². The molecule has 23 heavy (non-hydrogen) atoms. The third-order valence-corrected chi connectivity index (χ3v) is 5.76. The predicted octanol–water partition coefficient (Wildman–Crippen LogP) is 1.60. The van der Waals surface area contributed by atoms with Gasteiger partial charge in [0.05, 0.1) is 18.1 Å². The largest absolute Gasteiger partial charge is 0.381 e. The molecule has 1 aromatic heterocycles. The van der Waals surface area contributed by atoms with Crippen molar-refractivity contribution in [3.8, 4) is 0 Å². The van der Waals surface area contributed by atoms with Crippen LogP contribution in [0.2, 0.25) is 0 Å². The molecule has 1 unspecified atom stereocenters. The van der Waals surface area contributed by atoms with E-state index in [1.807, 2.05) is 23.8 Å². The van der Waals surface area contributed by atoms with Gasteiger partial charge in [-0.3, -0.25) is 4.79 Å². The third kappa shape index (κ3) is 2.95.